The molecule has 0 unspecified atom stereocenters. The minimum atomic E-state index is -0.216. The summed E-state index contributed by atoms with van der Waals surface area (Å²) in [6.45, 7) is 3.89. The topological polar surface area (TPSA) is 67.9 Å². The Kier molecular flexibility index (Phi) is 7.44. The van der Waals surface area contributed by atoms with Crippen LogP contribution in [0.5, 0.6) is 11.5 Å². The first kappa shape index (κ1) is 21.3. The molecular formula is C22H28N2O4. The quantitative estimate of drug-likeness (QED) is 0.758. The maximum Gasteiger partial charge on any atom is 0.243 e. The van der Waals surface area contributed by atoms with Crippen molar-refractivity contribution >= 4 is 17.5 Å². The first-order valence-electron chi connectivity index (χ1n) is 9.17. The van der Waals surface area contributed by atoms with Crippen LogP contribution in [0.25, 0.3) is 0 Å². The van der Waals surface area contributed by atoms with E-state index in [1.165, 1.54) is 4.90 Å². The Hall–Kier alpha value is -3.02. The van der Waals surface area contributed by atoms with Gasteiger partial charge in [0.05, 0.1) is 20.8 Å². The van der Waals surface area contributed by atoms with E-state index in [9.17, 15) is 9.59 Å². The molecule has 0 saturated carbocycles. The van der Waals surface area contributed by atoms with Gasteiger partial charge in [-0.3, -0.25) is 9.59 Å². The summed E-state index contributed by atoms with van der Waals surface area (Å²) < 4.78 is 10.7. The number of amides is 2. The van der Waals surface area contributed by atoms with Gasteiger partial charge in [0.1, 0.15) is 0 Å². The first-order valence-corrected chi connectivity index (χ1v) is 9.17. The molecule has 0 aliphatic carbocycles. The molecule has 0 aliphatic heterocycles. The second-order valence-electron chi connectivity index (χ2n) is 6.72. The fraction of sp³-hybridized carbons (Fsp3) is 0.364. The summed E-state index contributed by atoms with van der Waals surface area (Å²) in [4.78, 5) is 26.3. The van der Waals surface area contributed by atoms with Crippen molar-refractivity contribution < 1.29 is 19.1 Å². The summed E-state index contributed by atoms with van der Waals surface area (Å²) >= 11 is 0. The molecule has 0 spiro atoms. The van der Waals surface area contributed by atoms with Gasteiger partial charge in [-0.1, -0.05) is 30.3 Å². The second kappa shape index (κ2) is 9.78. The second-order valence-corrected chi connectivity index (χ2v) is 6.72. The molecule has 6 nitrogen and oxygen atoms in total. The molecule has 2 rings (SSSR count). The third kappa shape index (κ3) is 5.25. The molecule has 6 heteroatoms. The molecule has 150 valence electrons. The smallest absolute Gasteiger partial charge is 0.243 e. The summed E-state index contributed by atoms with van der Waals surface area (Å²) in [6, 6.07) is 11.4. The van der Waals surface area contributed by atoms with E-state index in [1.54, 1.807) is 21.3 Å². The number of rotatable bonds is 8. The lowest BCUT2D eigenvalue weighted by atomic mass is 10.1. The highest BCUT2D eigenvalue weighted by Crippen LogP contribution is 2.31. The predicted molar refractivity (Wildman–Crippen MR) is 110 cm³/mol. The molecule has 0 atom stereocenters. The zero-order valence-corrected chi connectivity index (χ0v) is 17.2. The number of hydrogen-bond donors (Lipinski definition) is 1. The largest absolute Gasteiger partial charge is 0.493 e. The summed E-state index contributed by atoms with van der Waals surface area (Å²) in [7, 11) is 4.79. The van der Waals surface area contributed by atoms with Gasteiger partial charge < -0.3 is 19.7 Å². The highest BCUT2D eigenvalue weighted by atomic mass is 16.5. The zero-order chi connectivity index (χ0) is 20.7. The van der Waals surface area contributed by atoms with Gasteiger partial charge in [-0.05, 0) is 43.0 Å². The van der Waals surface area contributed by atoms with Crippen molar-refractivity contribution in [3.8, 4) is 11.5 Å². The Morgan fingerprint density at radius 3 is 2.25 bits per heavy atom. The van der Waals surface area contributed by atoms with Gasteiger partial charge in [-0.2, -0.15) is 0 Å². The zero-order valence-electron chi connectivity index (χ0n) is 17.2. The van der Waals surface area contributed by atoms with E-state index < -0.39 is 0 Å². The Morgan fingerprint density at radius 2 is 1.64 bits per heavy atom. The number of hydrogen-bond acceptors (Lipinski definition) is 4. The van der Waals surface area contributed by atoms with Gasteiger partial charge in [0, 0.05) is 19.2 Å². The van der Waals surface area contributed by atoms with Crippen LogP contribution in [0.4, 0.5) is 5.69 Å². The van der Waals surface area contributed by atoms with Crippen molar-refractivity contribution in [3.63, 3.8) is 0 Å². The highest BCUT2D eigenvalue weighted by molar-refractivity contribution is 5.95. The van der Waals surface area contributed by atoms with Gasteiger partial charge in [-0.15, -0.1) is 0 Å². The van der Waals surface area contributed by atoms with Crippen molar-refractivity contribution in [3.05, 3.63) is 53.1 Å². The molecule has 0 bridgehead atoms. The third-order valence-electron chi connectivity index (χ3n) is 4.64. The number of carbonyl (C=O) groups excluding carboxylic acids is 2. The van der Waals surface area contributed by atoms with E-state index in [0.717, 1.165) is 22.4 Å². The summed E-state index contributed by atoms with van der Waals surface area (Å²) in [5.74, 6) is 0.941. The fourth-order valence-corrected chi connectivity index (χ4v) is 3.08. The van der Waals surface area contributed by atoms with Crippen LogP contribution < -0.4 is 14.8 Å². The van der Waals surface area contributed by atoms with E-state index in [4.69, 9.17) is 9.47 Å². The number of para-hydroxylation sites is 2. The van der Waals surface area contributed by atoms with Crippen molar-refractivity contribution in [2.45, 2.75) is 26.7 Å². The summed E-state index contributed by atoms with van der Waals surface area (Å²) in [5.41, 5.74) is 3.68. The van der Waals surface area contributed by atoms with Gasteiger partial charge in [0.25, 0.3) is 0 Å². The number of nitrogens with one attached hydrogen (secondary N) is 1. The Labute approximate surface area is 166 Å². The number of methoxy groups -OCH3 is 2. The van der Waals surface area contributed by atoms with Crippen LogP contribution in [-0.2, 0) is 16.0 Å². The Bertz CT molecular complexity index is 828. The van der Waals surface area contributed by atoms with E-state index >= 15 is 0 Å². The van der Waals surface area contributed by atoms with Crippen LogP contribution in [0.1, 0.15) is 23.1 Å². The summed E-state index contributed by atoms with van der Waals surface area (Å²) in [5, 5.41) is 2.90. The van der Waals surface area contributed by atoms with Gasteiger partial charge in [0.2, 0.25) is 11.8 Å². The number of likely N-dealkylation sites (N-methyl/N-ethyl adjacent to an activating group) is 1. The molecular weight excluding hydrogens is 356 g/mol. The van der Waals surface area contributed by atoms with Crippen LogP contribution in [0.15, 0.2) is 36.4 Å². The van der Waals surface area contributed by atoms with Crippen molar-refractivity contribution in [1.82, 2.24) is 4.90 Å². The van der Waals surface area contributed by atoms with E-state index in [2.05, 4.69) is 5.32 Å². The van der Waals surface area contributed by atoms with Crippen molar-refractivity contribution in [2.24, 2.45) is 0 Å². The normalized spacial score (nSPS) is 10.3. The minimum absolute atomic E-state index is 0.00184. The van der Waals surface area contributed by atoms with Gasteiger partial charge >= 0.3 is 0 Å². The Morgan fingerprint density at radius 1 is 1.00 bits per heavy atom. The molecule has 2 aromatic rings. The fourth-order valence-electron chi connectivity index (χ4n) is 3.08. The van der Waals surface area contributed by atoms with E-state index in [-0.39, 0.29) is 24.8 Å². The molecule has 0 radical (unpaired) electrons. The molecule has 0 saturated heterocycles. The molecule has 28 heavy (non-hydrogen) atoms. The van der Waals surface area contributed by atoms with Crippen LogP contribution in [0.3, 0.4) is 0 Å². The minimum Gasteiger partial charge on any atom is -0.493 e. The molecule has 1 N–H and O–H groups in total. The Balaban J connectivity index is 1.94. The highest BCUT2D eigenvalue weighted by Gasteiger charge is 2.16. The van der Waals surface area contributed by atoms with Crippen LogP contribution in [0.2, 0.25) is 0 Å². The van der Waals surface area contributed by atoms with Gasteiger partial charge in [-0.25, -0.2) is 0 Å². The number of aryl methyl sites for hydroxylation is 3. The van der Waals surface area contributed by atoms with Crippen LogP contribution >= 0.6 is 0 Å². The molecule has 2 amide bonds. The number of carbonyl (C=O) groups is 2. The lowest BCUT2D eigenvalue weighted by Gasteiger charge is -2.19. The first-order chi connectivity index (χ1) is 13.4. The standard InChI is InChI=1S/C22H28N2O4/c1-15-8-6-9-16(2)21(15)23-19(25)14-24(3)20(26)13-12-17-10-7-11-18(27-4)22(17)28-5/h6-11H,12-14H2,1-5H3,(H,23,25). The predicted octanol–water partition coefficient (Wildman–Crippen LogP) is 3.35. The lowest BCUT2D eigenvalue weighted by Crippen LogP contribution is -2.35. The molecule has 0 aromatic heterocycles. The molecule has 0 heterocycles. The number of benzene rings is 2. The molecule has 0 fully saturated rings. The maximum atomic E-state index is 12.5. The number of anilines is 1. The SMILES string of the molecule is COc1cccc(CCC(=O)N(C)CC(=O)Nc2c(C)cccc2C)c1OC. The van der Waals surface area contributed by atoms with Crippen molar-refractivity contribution in [2.75, 3.05) is 33.1 Å². The van der Waals surface area contributed by atoms with Gasteiger partial charge in [0.15, 0.2) is 11.5 Å². The monoisotopic (exact) mass is 384 g/mol. The third-order valence-corrected chi connectivity index (χ3v) is 4.64. The average Bonchev–Trinajstić information content (AvgIpc) is 2.68. The maximum absolute atomic E-state index is 12.5. The molecule has 0 aliphatic rings. The van der Waals surface area contributed by atoms with Crippen molar-refractivity contribution in [1.29, 1.82) is 0 Å². The van der Waals surface area contributed by atoms with E-state index in [1.807, 2.05) is 50.2 Å². The lowest BCUT2D eigenvalue weighted by molar-refractivity contribution is -0.133. The van der Waals surface area contributed by atoms with Crippen LogP contribution in [0, 0.1) is 13.8 Å². The van der Waals surface area contributed by atoms with Crippen LogP contribution in [-0.4, -0.2) is 44.5 Å². The average molecular weight is 384 g/mol. The molecule has 2 aromatic carbocycles. The number of ether oxygens (including phenoxy) is 2. The number of nitrogens with zero attached hydrogens (tertiary/aromatic N) is 1. The summed E-state index contributed by atoms with van der Waals surface area (Å²) in [6.07, 6.45) is 0.777. The van der Waals surface area contributed by atoms with E-state index in [0.29, 0.717) is 17.9 Å².